The summed E-state index contributed by atoms with van der Waals surface area (Å²) in [5, 5.41) is 3.47. The summed E-state index contributed by atoms with van der Waals surface area (Å²) in [5.74, 6) is 0. The first-order valence-corrected chi connectivity index (χ1v) is 14.0. The highest BCUT2D eigenvalue weighted by molar-refractivity contribution is 4.75. The van der Waals surface area contributed by atoms with Crippen LogP contribution in [0.1, 0.15) is 60.8 Å². The predicted octanol–water partition coefficient (Wildman–Crippen LogP) is 2.61. The zero-order valence-corrected chi connectivity index (χ0v) is 23.5. The minimum absolute atomic E-state index is 0.00996. The first-order chi connectivity index (χ1) is 16.1. The Bertz CT molecular complexity index is 504. The van der Waals surface area contributed by atoms with Crippen LogP contribution in [-0.2, 0) is 9.47 Å². The fourth-order valence-electron chi connectivity index (χ4n) is 4.65. The molecule has 2 aliphatic rings. The lowest BCUT2D eigenvalue weighted by atomic mass is 10.1. The second-order valence-electron chi connectivity index (χ2n) is 12.2. The van der Waals surface area contributed by atoms with E-state index in [0.29, 0.717) is 0 Å². The molecule has 2 rings (SSSR count). The molecule has 2 heterocycles. The van der Waals surface area contributed by atoms with Crippen LogP contribution in [0.2, 0.25) is 0 Å². The number of hydrogen-bond acceptors (Lipinski definition) is 7. The topological polar surface area (TPSA) is 43.5 Å². The van der Waals surface area contributed by atoms with E-state index in [4.69, 9.17) is 9.47 Å². The van der Waals surface area contributed by atoms with Gasteiger partial charge in [0.1, 0.15) is 0 Å². The van der Waals surface area contributed by atoms with Gasteiger partial charge in [0.05, 0.1) is 12.2 Å². The van der Waals surface area contributed by atoms with E-state index < -0.39 is 0 Å². The van der Waals surface area contributed by atoms with E-state index in [1.807, 2.05) is 0 Å². The standard InChI is InChI=1S/C27H57N5O2/c1-26(2,3)28-10-25-33-23-8-13-31-19-15-29(16-20-31)11-7-12-30-17-21-32(22-18-30)14-9-24-34-27(4,5)6/h28H,7-25H2,1-6H3. The highest BCUT2D eigenvalue weighted by atomic mass is 16.5. The maximum atomic E-state index is 5.85. The molecule has 0 atom stereocenters. The predicted molar refractivity (Wildman–Crippen MR) is 144 cm³/mol. The number of nitrogens with one attached hydrogen (secondary N) is 1. The van der Waals surface area contributed by atoms with Crippen molar-refractivity contribution in [1.82, 2.24) is 24.9 Å². The summed E-state index contributed by atoms with van der Waals surface area (Å²) in [7, 11) is 0. The summed E-state index contributed by atoms with van der Waals surface area (Å²) >= 11 is 0. The van der Waals surface area contributed by atoms with E-state index >= 15 is 0 Å². The lowest BCUT2D eigenvalue weighted by Gasteiger charge is -2.37. The molecule has 34 heavy (non-hydrogen) atoms. The third-order valence-electron chi connectivity index (χ3n) is 6.70. The van der Waals surface area contributed by atoms with Crippen molar-refractivity contribution in [3.63, 3.8) is 0 Å². The Kier molecular flexibility index (Phi) is 13.9. The lowest BCUT2D eigenvalue weighted by Crippen LogP contribution is -2.49. The van der Waals surface area contributed by atoms with Crippen molar-refractivity contribution in [2.75, 3.05) is 105 Å². The highest BCUT2D eigenvalue weighted by Crippen LogP contribution is 2.09. The molecule has 0 aliphatic carbocycles. The minimum atomic E-state index is -0.00996. The van der Waals surface area contributed by atoms with Gasteiger partial charge in [0.2, 0.25) is 0 Å². The van der Waals surface area contributed by atoms with Crippen LogP contribution in [0.4, 0.5) is 0 Å². The maximum Gasteiger partial charge on any atom is 0.0598 e. The molecule has 0 aromatic rings. The number of nitrogens with zero attached hydrogens (tertiary/aromatic N) is 4. The van der Waals surface area contributed by atoms with Crippen molar-refractivity contribution >= 4 is 0 Å². The molecular formula is C27H57N5O2. The van der Waals surface area contributed by atoms with Gasteiger partial charge in [-0.2, -0.15) is 0 Å². The second kappa shape index (κ2) is 15.7. The van der Waals surface area contributed by atoms with Crippen LogP contribution in [0.15, 0.2) is 0 Å². The Balaban J connectivity index is 1.40. The maximum absolute atomic E-state index is 5.85. The van der Waals surface area contributed by atoms with Crippen molar-refractivity contribution in [2.45, 2.75) is 71.9 Å². The summed E-state index contributed by atoms with van der Waals surface area (Å²) in [6, 6.07) is 0. The summed E-state index contributed by atoms with van der Waals surface area (Å²) in [6.45, 7) is 31.1. The molecule has 2 fully saturated rings. The Labute approximate surface area is 211 Å². The third-order valence-corrected chi connectivity index (χ3v) is 6.70. The molecule has 0 unspecified atom stereocenters. The Morgan fingerprint density at radius 1 is 0.559 bits per heavy atom. The van der Waals surface area contributed by atoms with Gasteiger partial charge in [-0.1, -0.05) is 0 Å². The molecule has 7 heteroatoms. The average Bonchev–Trinajstić information content (AvgIpc) is 2.77. The molecule has 2 aliphatic heterocycles. The van der Waals surface area contributed by atoms with Gasteiger partial charge < -0.3 is 34.4 Å². The van der Waals surface area contributed by atoms with Crippen molar-refractivity contribution in [2.24, 2.45) is 0 Å². The first-order valence-electron chi connectivity index (χ1n) is 14.0. The fraction of sp³-hybridized carbons (Fsp3) is 1.00. The van der Waals surface area contributed by atoms with E-state index in [0.717, 1.165) is 39.2 Å². The van der Waals surface area contributed by atoms with Crippen LogP contribution in [0.25, 0.3) is 0 Å². The van der Waals surface area contributed by atoms with E-state index in [-0.39, 0.29) is 11.1 Å². The summed E-state index contributed by atoms with van der Waals surface area (Å²) in [5.41, 5.74) is 0.170. The number of ether oxygens (including phenoxy) is 2. The molecule has 0 saturated carbocycles. The Hall–Kier alpha value is -0.280. The molecule has 7 nitrogen and oxygen atoms in total. The van der Waals surface area contributed by atoms with Crippen molar-refractivity contribution < 1.29 is 9.47 Å². The molecule has 2 saturated heterocycles. The SMILES string of the molecule is CC(C)(C)NCCOCCCN1CCN(CCCN2CCN(CCCOC(C)(C)C)CC2)CC1. The average molecular weight is 484 g/mol. The number of rotatable bonds is 15. The third kappa shape index (κ3) is 15.0. The monoisotopic (exact) mass is 483 g/mol. The zero-order valence-electron chi connectivity index (χ0n) is 23.5. The van der Waals surface area contributed by atoms with Crippen molar-refractivity contribution in [1.29, 1.82) is 0 Å². The van der Waals surface area contributed by atoms with E-state index in [1.54, 1.807) is 0 Å². The number of piperazine rings is 2. The summed E-state index contributed by atoms with van der Waals surface area (Å²) < 4.78 is 11.6. The molecule has 202 valence electrons. The molecule has 0 spiro atoms. The van der Waals surface area contributed by atoms with E-state index in [2.05, 4.69) is 66.5 Å². The Morgan fingerprint density at radius 2 is 0.971 bits per heavy atom. The van der Waals surface area contributed by atoms with Crippen LogP contribution in [-0.4, -0.2) is 136 Å². The summed E-state index contributed by atoms with van der Waals surface area (Å²) in [6.07, 6.45) is 3.59. The van der Waals surface area contributed by atoms with Gasteiger partial charge in [0.15, 0.2) is 0 Å². The van der Waals surface area contributed by atoms with E-state index in [1.165, 1.54) is 85.0 Å². The zero-order chi connectivity index (χ0) is 24.9. The second-order valence-corrected chi connectivity index (χ2v) is 12.2. The van der Waals surface area contributed by atoms with Gasteiger partial charge in [-0.3, -0.25) is 0 Å². The van der Waals surface area contributed by atoms with Crippen LogP contribution in [0.5, 0.6) is 0 Å². The fourth-order valence-corrected chi connectivity index (χ4v) is 4.65. The molecule has 1 N–H and O–H groups in total. The van der Waals surface area contributed by atoms with Crippen molar-refractivity contribution in [3.05, 3.63) is 0 Å². The van der Waals surface area contributed by atoms with Gasteiger partial charge in [-0.25, -0.2) is 0 Å². The van der Waals surface area contributed by atoms with Crippen molar-refractivity contribution in [3.8, 4) is 0 Å². The lowest BCUT2D eigenvalue weighted by molar-refractivity contribution is -0.00839. The van der Waals surface area contributed by atoms with E-state index in [9.17, 15) is 0 Å². The van der Waals surface area contributed by atoms with Crippen LogP contribution in [0, 0.1) is 0 Å². The normalized spacial score (nSPS) is 20.3. The largest absolute Gasteiger partial charge is 0.380 e. The molecule has 0 aromatic carbocycles. The van der Waals surface area contributed by atoms with Crippen LogP contribution in [0.3, 0.4) is 0 Å². The molecule has 0 aromatic heterocycles. The summed E-state index contributed by atoms with van der Waals surface area (Å²) in [4.78, 5) is 10.5. The Morgan fingerprint density at radius 3 is 1.38 bits per heavy atom. The van der Waals surface area contributed by atoms with Gasteiger partial charge in [-0.05, 0) is 73.9 Å². The molecule has 0 amide bonds. The van der Waals surface area contributed by atoms with Gasteiger partial charge in [0, 0.05) is 90.7 Å². The smallest absolute Gasteiger partial charge is 0.0598 e. The van der Waals surface area contributed by atoms with Gasteiger partial charge in [0.25, 0.3) is 0 Å². The van der Waals surface area contributed by atoms with Gasteiger partial charge >= 0.3 is 0 Å². The minimum Gasteiger partial charge on any atom is -0.380 e. The molecule has 0 bridgehead atoms. The quantitative estimate of drug-likeness (QED) is 0.359. The van der Waals surface area contributed by atoms with Gasteiger partial charge in [-0.15, -0.1) is 0 Å². The first kappa shape index (κ1) is 29.9. The molecular weight excluding hydrogens is 426 g/mol. The van der Waals surface area contributed by atoms with Crippen LogP contribution < -0.4 is 5.32 Å². The number of hydrogen-bond donors (Lipinski definition) is 1. The highest BCUT2D eigenvalue weighted by Gasteiger charge is 2.19. The molecule has 0 radical (unpaired) electrons. The van der Waals surface area contributed by atoms with Crippen LogP contribution >= 0.6 is 0 Å².